The third-order valence-electron chi connectivity index (χ3n) is 3.09. The predicted molar refractivity (Wildman–Crippen MR) is 69.5 cm³/mol. The lowest BCUT2D eigenvalue weighted by Crippen LogP contribution is -2.31. The molecule has 1 aromatic carbocycles. The van der Waals surface area contributed by atoms with Gasteiger partial charge in [-0.3, -0.25) is 0 Å². The van der Waals surface area contributed by atoms with Gasteiger partial charge in [0.25, 0.3) is 5.65 Å². The fraction of sp³-hybridized carbons (Fsp3) is 0.214. The first kappa shape index (κ1) is 7.97. The summed E-state index contributed by atoms with van der Waals surface area (Å²) in [5.41, 5.74) is 2.85. The standard InChI is InChI=1S/C14H15N4/c1-10-6-4-5-7-12(10)18-11(2)17(3)13-14(18)16-9-8-15-13/h4-9H,1-3H3/q+1/i3D3. The smallest absolute Gasteiger partial charge is 0.232 e. The van der Waals surface area contributed by atoms with Gasteiger partial charge in [-0.15, -0.1) is 4.98 Å². The second kappa shape index (κ2) is 3.91. The van der Waals surface area contributed by atoms with Gasteiger partial charge in [-0.1, -0.05) is 18.2 Å². The van der Waals surface area contributed by atoms with Gasteiger partial charge < -0.3 is 0 Å². The van der Waals surface area contributed by atoms with Crippen molar-refractivity contribution in [2.45, 2.75) is 13.8 Å². The number of benzene rings is 1. The van der Waals surface area contributed by atoms with E-state index in [1.807, 2.05) is 35.8 Å². The summed E-state index contributed by atoms with van der Waals surface area (Å²) in [5.74, 6) is 0.575. The minimum absolute atomic E-state index is 0.359. The van der Waals surface area contributed by atoms with Crippen LogP contribution in [0.15, 0.2) is 36.7 Å². The van der Waals surface area contributed by atoms with Gasteiger partial charge in [-0.2, -0.15) is 0 Å². The van der Waals surface area contributed by atoms with Crippen LogP contribution in [0.2, 0.25) is 0 Å². The van der Waals surface area contributed by atoms with Crippen molar-refractivity contribution in [3.05, 3.63) is 48.0 Å². The van der Waals surface area contributed by atoms with Crippen LogP contribution in [0.3, 0.4) is 0 Å². The van der Waals surface area contributed by atoms with E-state index in [1.165, 1.54) is 10.8 Å². The van der Waals surface area contributed by atoms with Crippen LogP contribution in [0.5, 0.6) is 0 Å². The average molecular weight is 242 g/mol. The molecule has 2 aromatic heterocycles. The molecular formula is C14H15N4+. The summed E-state index contributed by atoms with van der Waals surface area (Å²) in [5, 5.41) is 0. The molecule has 2 heterocycles. The number of hydrogen-bond acceptors (Lipinski definition) is 2. The zero-order valence-electron chi connectivity index (χ0n) is 13.3. The van der Waals surface area contributed by atoms with Gasteiger partial charge in [0.1, 0.15) is 11.9 Å². The molecule has 90 valence electrons. The topological polar surface area (TPSA) is 34.6 Å². The Balaban J connectivity index is 2.45. The van der Waals surface area contributed by atoms with Crippen molar-refractivity contribution in [2.75, 3.05) is 0 Å². The number of para-hydroxylation sites is 1. The average Bonchev–Trinajstić information content (AvgIpc) is 2.71. The molecule has 0 fully saturated rings. The molecule has 0 aliphatic carbocycles. The molecule has 0 amide bonds. The molecule has 0 aliphatic heterocycles. The Hall–Kier alpha value is -2.23. The second-order valence-corrected chi connectivity index (χ2v) is 4.21. The van der Waals surface area contributed by atoms with Gasteiger partial charge in [-0.05, 0) is 18.6 Å². The Labute approximate surface area is 110 Å². The van der Waals surface area contributed by atoms with E-state index < -0.39 is 6.98 Å². The lowest BCUT2D eigenvalue weighted by atomic mass is 10.2. The molecule has 0 unspecified atom stereocenters. The molecule has 0 spiro atoms. The number of rotatable bonds is 1. The van der Waals surface area contributed by atoms with Gasteiger partial charge >= 0.3 is 5.65 Å². The first-order valence-electron chi connectivity index (χ1n) is 7.22. The number of aryl methyl sites for hydroxylation is 2. The van der Waals surface area contributed by atoms with E-state index in [0.29, 0.717) is 17.1 Å². The van der Waals surface area contributed by atoms with E-state index in [2.05, 4.69) is 9.97 Å². The summed E-state index contributed by atoms with van der Waals surface area (Å²) >= 11 is 0. The molecule has 0 N–H and O–H groups in total. The van der Waals surface area contributed by atoms with E-state index in [1.54, 1.807) is 13.1 Å². The summed E-state index contributed by atoms with van der Waals surface area (Å²) in [7, 11) is 0. The minimum atomic E-state index is -2.30. The Bertz CT molecular complexity index is 821. The normalized spacial score (nSPS) is 14.2. The van der Waals surface area contributed by atoms with Gasteiger partial charge in [0, 0.05) is 6.92 Å². The summed E-state index contributed by atoms with van der Waals surface area (Å²) in [6.45, 7) is 1.45. The summed E-state index contributed by atoms with van der Waals surface area (Å²) in [6, 6.07) is 7.80. The Morgan fingerprint density at radius 2 is 1.94 bits per heavy atom. The van der Waals surface area contributed by atoms with Gasteiger partial charge in [0.05, 0.1) is 17.3 Å². The van der Waals surface area contributed by atoms with Crippen LogP contribution >= 0.6 is 0 Å². The molecule has 0 atom stereocenters. The van der Waals surface area contributed by atoms with Crippen molar-refractivity contribution in [3.63, 3.8) is 0 Å². The number of hydrogen-bond donors (Lipinski definition) is 0. The van der Waals surface area contributed by atoms with Crippen molar-refractivity contribution < 1.29 is 8.68 Å². The molecule has 3 rings (SSSR count). The predicted octanol–water partition coefficient (Wildman–Crippen LogP) is 1.86. The van der Waals surface area contributed by atoms with Gasteiger partial charge in [0.2, 0.25) is 5.82 Å². The number of aromatic nitrogens is 4. The van der Waals surface area contributed by atoms with Crippen molar-refractivity contribution in [3.8, 4) is 5.69 Å². The fourth-order valence-corrected chi connectivity index (χ4v) is 2.15. The maximum absolute atomic E-state index is 7.74. The SMILES string of the molecule is [2H]C([2H])([2H])[n+]1c(C)n(-c2ccccc2C)c2nccnc21. The Morgan fingerprint density at radius 1 is 1.17 bits per heavy atom. The molecule has 0 saturated heterocycles. The highest BCUT2D eigenvalue weighted by Gasteiger charge is 2.22. The second-order valence-electron chi connectivity index (χ2n) is 4.21. The molecule has 0 radical (unpaired) electrons. The summed E-state index contributed by atoms with van der Waals surface area (Å²) in [6.07, 6.45) is 3.08. The van der Waals surface area contributed by atoms with Crippen LogP contribution < -0.4 is 4.57 Å². The van der Waals surface area contributed by atoms with Gasteiger partial charge in [0.15, 0.2) is 0 Å². The molecule has 4 heteroatoms. The fourth-order valence-electron chi connectivity index (χ4n) is 2.15. The Morgan fingerprint density at radius 3 is 2.72 bits per heavy atom. The lowest BCUT2D eigenvalue weighted by molar-refractivity contribution is -0.653. The van der Waals surface area contributed by atoms with Crippen molar-refractivity contribution in [2.24, 2.45) is 6.98 Å². The van der Waals surface area contributed by atoms with E-state index in [4.69, 9.17) is 4.11 Å². The highest BCUT2D eigenvalue weighted by atomic mass is 15.2. The first-order chi connectivity index (χ1) is 9.91. The molecule has 0 aliphatic rings. The number of imidazole rings is 1. The van der Waals surface area contributed by atoms with E-state index in [9.17, 15) is 0 Å². The first-order valence-corrected chi connectivity index (χ1v) is 5.72. The Kier molecular flexibility index (Phi) is 1.73. The maximum atomic E-state index is 7.74. The molecule has 0 bridgehead atoms. The van der Waals surface area contributed by atoms with E-state index in [0.717, 1.165) is 11.3 Å². The summed E-state index contributed by atoms with van der Waals surface area (Å²) in [4.78, 5) is 8.53. The third-order valence-corrected chi connectivity index (χ3v) is 3.09. The molecule has 18 heavy (non-hydrogen) atoms. The highest BCUT2D eigenvalue weighted by Crippen LogP contribution is 2.19. The zero-order chi connectivity index (χ0) is 15.2. The zero-order valence-corrected chi connectivity index (χ0v) is 10.3. The van der Waals surface area contributed by atoms with E-state index in [-0.39, 0.29) is 0 Å². The number of nitrogens with zero attached hydrogens (tertiary/aromatic N) is 4. The molecular weight excluding hydrogens is 224 g/mol. The molecule has 0 saturated carbocycles. The van der Waals surface area contributed by atoms with Crippen LogP contribution in [-0.2, 0) is 6.98 Å². The van der Waals surface area contributed by atoms with Crippen LogP contribution in [0.1, 0.15) is 15.5 Å². The molecule has 4 nitrogen and oxygen atoms in total. The van der Waals surface area contributed by atoms with Crippen LogP contribution in [-0.4, -0.2) is 14.5 Å². The largest absolute Gasteiger partial charge is 0.322 e. The third kappa shape index (κ3) is 1.42. The maximum Gasteiger partial charge on any atom is 0.322 e. The van der Waals surface area contributed by atoms with Crippen LogP contribution in [0, 0.1) is 13.8 Å². The molecule has 3 aromatic rings. The van der Waals surface area contributed by atoms with Crippen molar-refractivity contribution >= 4 is 11.3 Å². The van der Waals surface area contributed by atoms with Gasteiger partial charge in [-0.25, -0.2) is 14.1 Å². The quantitative estimate of drug-likeness (QED) is 0.610. The van der Waals surface area contributed by atoms with Crippen molar-refractivity contribution in [1.82, 2.24) is 14.5 Å². The van der Waals surface area contributed by atoms with Crippen molar-refractivity contribution in [1.29, 1.82) is 0 Å². The van der Waals surface area contributed by atoms with Crippen LogP contribution in [0.4, 0.5) is 0 Å². The monoisotopic (exact) mass is 242 g/mol. The number of fused-ring (bicyclic) bond motifs is 1. The lowest BCUT2D eigenvalue weighted by Gasteiger charge is -2.04. The summed E-state index contributed by atoms with van der Waals surface area (Å²) < 4.78 is 26.3. The minimum Gasteiger partial charge on any atom is -0.232 e. The highest BCUT2D eigenvalue weighted by molar-refractivity contribution is 5.66. The van der Waals surface area contributed by atoms with E-state index >= 15 is 0 Å². The van der Waals surface area contributed by atoms with Crippen LogP contribution in [0.25, 0.3) is 17.0 Å².